The molecule has 0 radical (unpaired) electrons. The van der Waals surface area contributed by atoms with Crippen LogP contribution in [0.25, 0.3) is 0 Å². The van der Waals surface area contributed by atoms with Crippen LogP contribution in [0, 0.1) is 5.82 Å². The quantitative estimate of drug-likeness (QED) is 0.609. The normalized spacial score (nSPS) is 9.86. The topological polar surface area (TPSA) is 44.5 Å². The molecule has 5 heteroatoms. The minimum Gasteiger partial charge on any atom is -0.467 e. The molecule has 76 valence electrons. The Kier molecular flexibility index (Phi) is 3.79. The standard InChI is InChI=1S/C9H10FNO2S/c1-12-5-13-6-2-3-7(9(11)14)8(10)4-6/h2-4H,5H2,1H3,(H2,11,14). The summed E-state index contributed by atoms with van der Waals surface area (Å²) in [7, 11) is 1.49. The Morgan fingerprint density at radius 1 is 1.57 bits per heavy atom. The van der Waals surface area contributed by atoms with Crippen LogP contribution in [0.1, 0.15) is 5.56 Å². The van der Waals surface area contributed by atoms with Crippen LogP contribution in [-0.4, -0.2) is 18.9 Å². The number of halogens is 1. The lowest BCUT2D eigenvalue weighted by atomic mass is 10.2. The minimum absolute atomic E-state index is 0.0285. The molecule has 0 bridgehead atoms. The zero-order chi connectivity index (χ0) is 10.6. The minimum atomic E-state index is -0.494. The molecule has 1 rings (SSSR count). The van der Waals surface area contributed by atoms with Crippen molar-refractivity contribution in [3.63, 3.8) is 0 Å². The number of rotatable bonds is 4. The van der Waals surface area contributed by atoms with Gasteiger partial charge >= 0.3 is 0 Å². The summed E-state index contributed by atoms with van der Waals surface area (Å²) < 4.78 is 22.9. The summed E-state index contributed by atoms with van der Waals surface area (Å²) in [5.74, 6) is -0.115. The molecule has 0 saturated carbocycles. The van der Waals surface area contributed by atoms with Crippen molar-refractivity contribution in [2.45, 2.75) is 0 Å². The van der Waals surface area contributed by atoms with Gasteiger partial charge in [0.25, 0.3) is 0 Å². The Bertz CT molecular complexity index is 344. The molecule has 3 nitrogen and oxygen atoms in total. The molecule has 0 aliphatic rings. The summed E-state index contributed by atoms with van der Waals surface area (Å²) >= 11 is 4.65. The van der Waals surface area contributed by atoms with Crippen LogP contribution in [0.15, 0.2) is 18.2 Å². The summed E-state index contributed by atoms with van der Waals surface area (Å²) in [6, 6.07) is 4.27. The van der Waals surface area contributed by atoms with Crippen molar-refractivity contribution in [1.82, 2.24) is 0 Å². The average molecular weight is 215 g/mol. The van der Waals surface area contributed by atoms with Gasteiger partial charge in [0.15, 0.2) is 6.79 Å². The van der Waals surface area contributed by atoms with Gasteiger partial charge in [-0.3, -0.25) is 0 Å². The van der Waals surface area contributed by atoms with Gasteiger partial charge < -0.3 is 15.2 Å². The lowest BCUT2D eigenvalue weighted by molar-refractivity contribution is 0.0509. The first kappa shape index (κ1) is 10.9. The van der Waals surface area contributed by atoms with Gasteiger partial charge in [-0.05, 0) is 12.1 Å². The summed E-state index contributed by atoms with van der Waals surface area (Å²) in [4.78, 5) is 0.0285. The largest absolute Gasteiger partial charge is 0.467 e. The molecule has 0 amide bonds. The van der Waals surface area contributed by atoms with E-state index in [0.717, 1.165) is 0 Å². The highest BCUT2D eigenvalue weighted by Crippen LogP contribution is 2.16. The summed E-state index contributed by atoms with van der Waals surface area (Å²) in [5.41, 5.74) is 5.50. The molecule has 0 atom stereocenters. The highest BCUT2D eigenvalue weighted by atomic mass is 32.1. The van der Waals surface area contributed by atoms with Crippen LogP contribution in [0.2, 0.25) is 0 Å². The first-order chi connectivity index (χ1) is 6.65. The first-order valence-corrected chi connectivity index (χ1v) is 4.27. The molecule has 0 spiro atoms. The van der Waals surface area contributed by atoms with Crippen LogP contribution in [0.4, 0.5) is 4.39 Å². The predicted octanol–water partition coefficient (Wildman–Crippen LogP) is 1.44. The molecular formula is C9H10FNO2S. The number of ether oxygens (including phenoxy) is 2. The fraction of sp³-hybridized carbons (Fsp3) is 0.222. The van der Waals surface area contributed by atoms with Gasteiger partial charge in [-0.15, -0.1) is 0 Å². The monoisotopic (exact) mass is 215 g/mol. The molecule has 1 aromatic carbocycles. The van der Waals surface area contributed by atoms with Crippen LogP contribution < -0.4 is 10.5 Å². The number of nitrogens with two attached hydrogens (primary N) is 1. The average Bonchev–Trinajstić information content (AvgIpc) is 2.14. The molecule has 0 heterocycles. The van der Waals surface area contributed by atoms with Gasteiger partial charge in [-0.25, -0.2) is 4.39 Å². The lowest BCUT2D eigenvalue weighted by Crippen LogP contribution is -2.11. The van der Waals surface area contributed by atoms with Crippen LogP contribution in [0.5, 0.6) is 5.75 Å². The van der Waals surface area contributed by atoms with E-state index in [1.54, 1.807) is 6.07 Å². The van der Waals surface area contributed by atoms with Crippen LogP contribution in [0.3, 0.4) is 0 Å². The third-order valence-corrected chi connectivity index (χ3v) is 1.77. The molecule has 0 fully saturated rings. The van der Waals surface area contributed by atoms with Gasteiger partial charge in [0.05, 0.1) is 0 Å². The number of hydrogen-bond donors (Lipinski definition) is 1. The molecule has 0 saturated heterocycles. The molecule has 2 N–H and O–H groups in total. The van der Waals surface area contributed by atoms with E-state index in [2.05, 4.69) is 17.0 Å². The maximum Gasteiger partial charge on any atom is 0.188 e. The van der Waals surface area contributed by atoms with Crippen molar-refractivity contribution in [3.8, 4) is 5.75 Å². The molecule has 0 aliphatic heterocycles. The Morgan fingerprint density at radius 2 is 2.29 bits per heavy atom. The molecule has 1 aromatic rings. The van der Waals surface area contributed by atoms with E-state index in [-0.39, 0.29) is 17.3 Å². The van der Waals surface area contributed by atoms with Gasteiger partial charge in [-0.1, -0.05) is 12.2 Å². The van der Waals surface area contributed by atoms with Crippen molar-refractivity contribution in [2.75, 3.05) is 13.9 Å². The fourth-order valence-electron chi connectivity index (χ4n) is 0.912. The Balaban J connectivity index is 2.83. The number of benzene rings is 1. The van der Waals surface area contributed by atoms with E-state index in [1.165, 1.54) is 19.2 Å². The summed E-state index contributed by atoms with van der Waals surface area (Å²) in [5, 5.41) is 0. The Hall–Kier alpha value is -1.20. The third-order valence-electron chi connectivity index (χ3n) is 1.55. The number of thiocarbonyl (C=S) groups is 1. The summed E-state index contributed by atoms with van der Waals surface area (Å²) in [6.07, 6.45) is 0. The molecule has 0 aliphatic carbocycles. The third kappa shape index (κ3) is 2.65. The lowest BCUT2D eigenvalue weighted by Gasteiger charge is -2.06. The van der Waals surface area contributed by atoms with Crippen molar-refractivity contribution in [3.05, 3.63) is 29.6 Å². The number of methoxy groups -OCH3 is 1. The zero-order valence-electron chi connectivity index (χ0n) is 7.62. The van der Waals surface area contributed by atoms with Crippen molar-refractivity contribution < 1.29 is 13.9 Å². The molecule has 0 aromatic heterocycles. The van der Waals surface area contributed by atoms with E-state index in [9.17, 15) is 4.39 Å². The van der Waals surface area contributed by atoms with Crippen LogP contribution >= 0.6 is 12.2 Å². The van der Waals surface area contributed by atoms with Gasteiger partial charge in [0.1, 0.15) is 16.6 Å². The fourth-order valence-corrected chi connectivity index (χ4v) is 1.08. The van der Waals surface area contributed by atoms with E-state index >= 15 is 0 Å². The molecule has 0 unspecified atom stereocenters. The zero-order valence-corrected chi connectivity index (χ0v) is 8.44. The maximum absolute atomic E-state index is 13.2. The van der Waals surface area contributed by atoms with Crippen molar-refractivity contribution >= 4 is 17.2 Å². The van der Waals surface area contributed by atoms with E-state index < -0.39 is 5.82 Å². The second-order valence-electron chi connectivity index (χ2n) is 2.56. The van der Waals surface area contributed by atoms with Gasteiger partial charge in [0.2, 0.25) is 0 Å². The number of hydrogen-bond acceptors (Lipinski definition) is 3. The molecular weight excluding hydrogens is 205 g/mol. The van der Waals surface area contributed by atoms with Crippen molar-refractivity contribution in [1.29, 1.82) is 0 Å². The predicted molar refractivity (Wildman–Crippen MR) is 54.8 cm³/mol. The Labute approximate surface area is 86.6 Å². The smallest absolute Gasteiger partial charge is 0.188 e. The van der Waals surface area contributed by atoms with Crippen molar-refractivity contribution in [2.24, 2.45) is 5.73 Å². The second kappa shape index (κ2) is 4.88. The van der Waals surface area contributed by atoms with E-state index in [0.29, 0.717) is 5.75 Å². The molecule has 14 heavy (non-hydrogen) atoms. The van der Waals surface area contributed by atoms with Crippen LogP contribution in [-0.2, 0) is 4.74 Å². The highest BCUT2D eigenvalue weighted by molar-refractivity contribution is 7.80. The van der Waals surface area contributed by atoms with Gasteiger partial charge in [0, 0.05) is 18.7 Å². The SMILES string of the molecule is COCOc1ccc(C(N)=S)c(F)c1. The maximum atomic E-state index is 13.2. The second-order valence-corrected chi connectivity index (χ2v) is 3.00. The summed E-state index contributed by atoms with van der Waals surface area (Å²) in [6.45, 7) is 0.0753. The van der Waals surface area contributed by atoms with Gasteiger partial charge in [-0.2, -0.15) is 0 Å². The first-order valence-electron chi connectivity index (χ1n) is 3.86. The Morgan fingerprint density at radius 3 is 2.79 bits per heavy atom. The van der Waals surface area contributed by atoms with E-state index in [1.807, 2.05) is 0 Å². The van der Waals surface area contributed by atoms with E-state index in [4.69, 9.17) is 10.5 Å². The highest BCUT2D eigenvalue weighted by Gasteiger charge is 2.06.